The molecule has 100 valence electrons. The average Bonchev–Trinajstić information content (AvgIpc) is 2.36. The van der Waals surface area contributed by atoms with Crippen LogP contribution in [0.25, 0.3) is 11.1 Å². The van der Waals surface area contributed by atoms with E-state index in [0.717, 1.165) is 4.47 Å². The first kappa shape index (κ1) is 14.1. The Morgan fingerprint density at radius 1 is 1.32 bits per heavy atom. The fourth-order valence-electron chi connectivity index (χ4n) is 1.87. The van der Waals surface area contributed by atoms with E-state index in [4.69, 9.17) is 11.6 Å². The molecule has 0 unspecified atom stereocenters. The van der Waals surface area contributed by atoms with Crippen molar-refractivity contribution in [3.05, 3.63) is 54.7 Å². The van der Waals surface area contributed by atoms with Gasteiger partial charge >= 0.3 is 5.69 Å². The predicted octanol–water partition coefficient (Wildman–Crippen LogP) is 3.03. The maximum absolute atomic E-state index is 12.4. The lowest BCUT2D eigenvalue weighted by Gasteiger charge is -2.09. The molecule has 6 heteroatoms. The van der Waals surface area contributed by atoms with Crippen molar-refractivity contribution in [1.82, 2.24) is 9.55 Å². The van der Waals surface area contributed by atoms with E-state index < -0.39 is 5.69 Å². The summed E-state index contributed by atoms with van der Waals surface area (Å²) in [7, 11) is 0. The van der Waals surface area contributed by atoms with Gasteiger partial charge in [0.1, 0.15) is 5.15 Å². The highest BCUT2D eigenvalue weighted by Crippen LogP contribution is 2.28. The number of aromatic nitrogens is 2. The average molecular weight is 344 g/mol. The van der Waals surface area contributed by atoms with Gasteiger partial charge in [0, 0.05) is 16.6 Å². The van der Waals surface area contributed by atoms with Crippen molar-refractivity contribution >= 4 is 27.5 Å². The first-order chi connectivity index (χ1) is 9.06. The Morgan fingerprint density at radius 2 is 2.00 bits per heavy atom. The summed E-state index contributed by atoms with van der Waals surface area (Å²) in [5, 5.41) is 0.0641. The van der Waals surface area contributed by atoms with Gasteiger partial charge in [0.25, 0.3) is 5.56 Å². The molecule has 0 saturated carbocycles. The monoisotopic (exact) mass is 342 g/mol. The van der Waals surface area contributed by atoms with Gasteiger partial charge in [-0.05, 0) is 12.5 Å². The highest BCUT2D eigenvalue weighted by molar-refractivity contribution is 9.10. The van der Waals surface area contributed by atoms with Gasteiger partial charge in [0.2, 0.25) is 0 Å². The Bertz CT molecular complexity index is 721. The molecule has 0 bridgehead atoms. The smallest absolute Gasteiger partial charge is 0.297 e. The molecular weight excluding hydrogens is 332 g/mol. The van der Waals surface area contributed by atoms with Crippen molar-refractivity contribution in [3.63, 3.8) is 0 Å². The molecule has 0 aliphatic carbocycles. The third-order valence-electron chi connectivity index (χ3n) is 2.73. The standard InChI is InChI=1S/C13H12BrClN2O2/c1-2-7-17-12(18)10(11(15)16-13(17)19)8-5-3-4-6-9(8)14/h3-6H,2,7H2,1H3,(H,16,19). The summed E-state index contributed by atoms with van der Waals surface area (Å²) in [6.45, 7) is 2.27. The van der Waals surface area contributed by atoms with Crippen molar-refractivity contribution in [2.75, 3.05) is 0 Å². The maximum Gasteiger partial charge on any atom is 0.329 e. The van der Waals surface area contributed by atoms with Crippen LogP contribution < -0.4 is 11.2 Å². The van der Waals surface area contributed by atoms with E-state index in [1.54, 1.807) is 6.07 Å². The molecule has 19 heavy (non-hydrogen) atoms. The summed E-state index contributed by atoms with van der Waals surface area (Å²) < 4.78 is 1.92. The normalized spacial score (nSPS) is 10.7. The van der Waals surface area contributed by atoms with E-state index >= 15 is 0 Å². The molecule has 2 aromatic rings. The molecule has 0 amide bonds. The lowest BCUT2D eigenvalue weighted by molar-refractivity contribution is 0.617. The minimum Gasteiger partial charge on any atom is -0.297 e. The molecule has 0 atom stereocenters. The van der Waals surface area contributed by atoms with Gasteiger partial charge in [-0.15, -0.1) is 0 Å². The van der Waals surface area contributed by atoms with Gasteiger partial charge in [-0.3, -0.25) is 14.3 Å². The number of hydrogen-bond acceptors (Lipinski definition) is 2. The number of rotatable bonds is 3. The molecule has 0 aliphatic heterocycles. The van der Waals surface area contributed by atoms with Crippen molar-refractivity contribution in [3.8, 4) is 11.1 Å². The Morgan fingerprint density at radius 3 is 2.63 bits per heavy atom. The van der Waals surface area contributed by atoms with E-state index in [1.807, 2.05) is 25.1 Å². The van der Waals surface area contributed by atoms with Crippen LogP contribution in [0.15, 0.2) is 38.3 Å². The van der Waals surface area contributed by atoms with E-state index in [-0.39, 0.29) is 10.7 Å². The SMILES string of the molecule is CCCn1c(=O)[nH]c(Cl)c(-c2ccccc2Br)c1=O. The molecular formula is C13H12BrClN2O2. The first-order valence-electron chi connectivity index (χ1n) is 5.83. The fraction of sp³-hybridized carbons (Fsp3) is 0.231. The summed E-state index contributed by atoms with van der Waals surface area (Å²) in [6, 6.07) is 7.25. The third-order valence-corrected chi connectivity index (χ3v) is 3.71. The summed E-state index contributed by atoms with van der Waals surface area (Å²) in [5.74, 6) is 0. The van der Waals surface area contributed by atoms with E-state index in [9.17, 15) is 9.59 Å². The number of halogens is 2. The number of hydrogen-bond donors (Lipinski definition) is 1. The number of benzene rings is 1. The molecule has 0 radical (unpaired) electrons. The highest BCUT2D eigenvalue weighted by Gasteiger charge is 2.16. The molecule has 4 nitrogen and oxygen atoms in total. The van der Waals surface area contributed by atoms with Crippen LogP contribution in [0.2, 0.25) is 5.15 Å². The van der Waals surface area contributed by atoms with Gasteiger partial charge < -0.3 is 0 Å². The van der Waals surface area contributed by atoms with E-state index in [2.05, 4.69) is 20.9 Å². The molecule has 1 aromatic heterocycles. The van der Waals surface area contributed by atoms with Crippen LogP contribution in [0.1, 0.15) is 13.3 Å². The minimum absolute atomic E-state index is 0.0641. The molecule has 1 N–H and O–H groups in total. The van der Waals surface area contributed by atoms with Crippen molar-refractivity contribution in [1.29, 1.82) is 0 Å². The number of nitrogens with one attached hydrogen (secondary N) is 1. The lowest BCUT2D eigenvalue weighted by Crippen LogP contribution is -2.36. The van der Waals surface area contributed by atoms with Crippen LogP contribution in [0.3, 0.4) is 0 Å². The van der Waals surface area contributed by atoms with Crippen molar-refractivity contribution < 1.29 is 0 Å². The quantitative estimate of drug-likeness (QED) is 0.871. The van der Waals surface area contributed by atoms with Crippen LogP contribution in [-0.4, -0.2) is 9.55 Å². The summed E-state index contributed by atoms with van der Waals surface area (Å²) in [4.78, 5) is 26.6. The molecule has 0 aliphatic rings. The molecule has 0 fully saturated rings. The predicted molar refractivity (Wildman–Crippen MR) is 79.8 cm³/mol. The molecule has 2 rings (SSSR count). The highest BCUT2D eigenvalue weighted by atomic mass is 79.9. The first-order valence-corrected chi connectivity index (χ1v) is 7.01. The Labute approximate surface area is 123 Å². The molecule has 1 heterocycles. The maximum atomic E-state index is 12.4. The molecule has 0 saturated heterocycles. The van der Waals surface area contributed by atoms with Crippen molar-refractivity contribution in [2.24, 2.45) is 0 Å². The van der Waals surface area contributed by atoms with E-state index in [0.29, 0.717) is 24.1 Å². The van der Waals surface area contributed by atoms with Gasteiger partial charge in [-0.1, -0.05) is 52.7 Å². The number of aromatic amines is 1. The van der Waals surface area contributed by atoms with Crippen LogP contribution in [0.4, 0.5) is 0 Å². The van der Waals surface area contributed by atoms with Crippen LogP contribution in [0, 0.1) is 0 Å². The second-order valence-corrected chi connectivity index (χ2v) is 5.29. The second kappa shape index (κ2) is 5.75. The van der Waals surface area contributed by atoms with E-state index in [1.165, 1.54) is 4.57 Å². The minimum atomic E-state index is -0.479. The van der Waals surface area contributed by atoms with Crippen LogP contribution in [-0.2, 0) is 6.54 Å². The molecule has 0 spiro atoms. The Balaban J connectivity index is 2.78. The van der Waals surface area contributed by atoms with Gasteiger partial charge in [-0.25, -0.2) is 4.79 Å². The van der Waals surface area contributed by atoms with Crippen LogP contribution >= 0.6 is 27.5 Å². The Kier molecular flexibility index (Phi) is 4.27. The number of nitrogens with zero attached hydrogens (tertiary/aromatic N) is 1. The van der Waals surface area contributed by atoms with Gasteiger partial charge in [0.05, 0.1) is 5.56 Å². The van der Waals surface area contributed by atoms with Crippen molar-refractivity contribution in [2.45, 2.75) is 19.9 Å². The zero-order chi connectivity index (χ0) is 14.0. The zero-order valence-electron chi connectivity index (χ0n) is 10.2. The Hall–Kier alpha value is -1.33. The third kappa shape index (κ3) is 2.67. The largest absolute Gasteiger partial charge is 0.329 e. The zero-order valence-corrected chi connectivity index (χ0v) is 12.6. The number of H-pyrrole nitrogens is 1. The second-order valence-electron chi connectivity index (χ2n) is 4.06. The van der Waals surface area contributed by atoms with Crippen LogP contribution in [0.5, 0.6) is 0 Å². The van der Waals surface area contributed by atoms with Gasteiger partial charge in [-0.2, -0.15) is 0 Å². The fourth-order valence-corrected chi connectivity index (χ4v) is 2.62. The summed E-state index contributed by atoms with van der Waals surface area (Å²) >= 11 is 9.41. The van der Waals surface area contributed by atoms with Gasteiger partial charge in [0.15, 0.2) is 0 Å². The topological polar surface area (TPSA) is 54.9 Å². The summed E-state index contributed by atoms with van der Waals surface area (Å²) in [5.41, 5.74) is 0.121. The molecule has 1 aromatic carbocycles. The lowest BCUT2D eigenvalue weighted by atomic mass is 10.1. The summed E-state index contributed by atoms with van der Waals surface area (Å²) in [6.07, 6.45) is 0.694.